The van der Waals surface area contributed by atoms with Gasteiger partial charge in [0.25, 0.3) is 0 Å². The Morgan fingerprint density at radius 2 is 1.04 bits per heavy atom. The molecule has 0 spiro atoms. The van der Waals surface area contributed by atoms with Crippen LogP contribution in [-0.4, -0.2) is 36.1 Å². The van der Waals surface area contributed by atoms with Crippen molar-refractivity contribution in [2.45, 2.75) is 0 Å². The van der Waals surface area contributed by atoms with Crippen LogP contribution >= 0.6 is 0 Å². The molecule has 2 N–H and O–H groups in total. The summed E-state index contributed by atoms with van der Waals surface area (Å²) in [7, 11) is 0. The lowest BCUT2D eigenvalue weighted by molar-refractivity contribution is 0.321. The lowest BCUT2D eigenvalue weighted by Gasteiger charge is -2.04. The third kappa shape index (κ3) is 5.84. The van der Waals surface area contributed by atoms with Crippen LogP contribution in [0.25, 0.3) is 0 Å². The first-order valence-corrected chi connectivity index (χ1v) is 7.27. The molecule has 0 unspecified atom stereocenters. The van der Waals surface area contributed by atoms with Crippen molar-refractivity contribution in [3.05, 3.63) is 71.8 Å². The molecule has 0 atom stereocenters. The molecular weight excluding hydrogens is 308 g/mol. The summed E-state index contributed by atoms with van der Waals surface area (Å²) in [5.74, 6) is 1.47. The van der Waals surface area contributed by atoms with Gasteiger partial charge in [0.05, 0.1) is 12.4 Å². The number of hydrogen-bond donors (Lipinski definition) is 2. The second-order valence-electron chi connectivity index (χ2n) is 4.72. The van der Waals surface area contributed by atoms with Gasteiger partial charge in [-0.15, -0.1) is 0 Å². The van der Waals surface area contributed by atoms with Crippen LogP contribution in [0.3, 0.4) is 0 Å². The van der Waals surface area contributed by atoms with Gasteiger partial charge in [0, 0.05) is 0 Å². The first-order chi connectivity index (χ1) is 11.8. The normalized spacial score (nSPS) is 11.5. The molecule has 124 valence electrons. The highest BCUT2D eigenvalue weighted by atomic mass is 16.5. The first-order valence-electron chi connectivity index (χ1n) is 7.27. The van der Waals surface area contributed by atoms with E-state index in [4.69, 9.17) is 19.9 Å². The Balaban J connectivity index is 1.69. The van der Waals surface area contributed by atoms with E-state index in [1.807, 2.05) is 12.2 Å². The summed E-state index contributed by atoms with van der Waals surface area (Å²) < 4.78 is 11.1. The highest BCUT2D eigenvalue weighted by Gasteiger charge is 1.94. The van der Waals surface area contributed by atoms with Crippen molar-refractivity contribution >= 4 is 12.4 Å². The minimum atomic E-state index is 0.433. The van der Waals surface area contributed by atoms with Crippen LogP contribution in [0.1, 0.15) is 11.1 Å². The van der Waals surface area contributed by atoms with E-state index >= 15 is 0 Å². The number of benzene rings is 2. The van der Waals surface area contributed by atoms with Crippen molar-refractivity contribution in [1.82, 2.24) is 0 Å². The predicted octanol–water partition coefficient (Wildman–Crippen LogP) is 3.32. The molecule has 0 radical (unpaired) electrons. The number of oxime groups is 2. The third-order valence-corrected chi connectivity index (χ3v) is 3.03. The minimum absolute atomic E-state index is 0.433. The second kappa shape index (κ2) is 9.68. The minimum Gasteiger partial charge on any atom is -0.490 e. The Morgan fingerprint density at radius 3 is 1.38 bits per heavy atom. The Bertz CT molecular complexity index is 630. The molecule has 0 saturated carbocycles. The van der Waals surface area contributed by atoms with Crippen molar-refractivity contribution in [1.29, 1.82) is 0 Å². The first kappa shape index (κ1) is 17.1. The summed E-state index contributed by atoms with van der Waals surface area (Å²) in [5.41, 5.74) is 1.59. The van der Waals surface area contributed by atoms with Gasteiger partial charge in [0.15, 0.2) is 0 Å². The number of rotatable bonds is 8. The molecule has 0 aliphatic rings. The van der Waals surface area contributed by atoms with E-state index in [1.165, 1.54) is 12.4 Å². The summed E-state index contributed by atoms with van der Waals surface area (Å²) in [6.45, 7) is 0.866. The zero-order chi connectivity index (χ0) is 17.0. The van der Waals surface area contributed by atoms with Crippen LogP contribution < -0.4 is 9.47 Å². The fourth-order valence-corrected chi connectivity index (χ4v) is 1.86. The third-order valence-electron chi connectivity index (χ3n) is 3.03. The molecule has 0 heterocycles. The van der Waals surface area contributed by atoms with E-state index in [0.29, 0.717) is 13.2 Å². The average Bonchev–Trinajstić information content (AvgIpc) is 2.61. The highest BCUT2D eigenvalue weighted by Crippen LogP contribution is 2.12. The van der Waals surface area contributed by atoms with E-state index in [0.717, 1.165) is 22.6 Å². The zero-order valence-electron chi connectivity index (χ0n) is 12.9. The van der Waals surface area contributed by atoms with Crippen molar-refractivity contribution in [2.24, 2.45) is 10.3 Å². The van der Waals surface area contributed by atoms with Gasteiger partial charge >= 0.3 is 0 Å². The van der Waals surface area contributed by atoms with Gasteiger partial charge in [0.1, 0.15) is 24.7 Å². The zero-order valence-corrected chi connectivity index (χ0v) is 12.9. The fraction of sp³-hybridized carbons (Fsp3) is 0.111. The van der Waals surface area contributed by atoms with Crippen molar-refractivity contribution < 1.29 is 19.9 Å². The highest BCUT2D eigenvalue weighted by molar-refractivity contribution is 5.79. The molecule has 0 aliphatic carbocycles. The lowest BCUT2D eigenvalue weighted by Crippen LogP contribution is -1.97. The second-order valence-corrected chi connectivity index (χ2v) is 4.72. The van der Waals surface area contributed by atoms with E-state index in [2.05, 4.69) is 10.3 Å². The van der Waals surface area contributed by atoms with Gasteiger partial charge in [-0.1, -0.05) is 10.3 Å². The molecule has 0 bridgehead atoms. The largest absolute Gasteiger partial charge is 0.490 e. The molecule has 6 nitrogen and oxygen atoms in total. The van der Waals surface area contributed by atoms with Crippen LogP contribution in [0.4, 0.5) is 0 Å². The molecule has 0 saturated heterocycles. The van der Waals surface area contributed by atoms with E-state index < -0.39 is 0 Å². The van der Waals surface area contributed by atoms with Crippen LogP contribution in [0, 0.1) is 0 Å². The maximum absolute atomic E-state index is 8.43. The van der Waals surface area contributed by atoms with Crippen LogP contribution in [0.15, 0.2) is 71.0 Å². The Kier molecular flexibility index (Phi) is 6.89. The number of ether oxygens (including phenoxy) is 2. The maximum atomic E-state index is 8.43. The van der Waals surface area contributed by atoms with Gasteiger partial charge in [-0.05, 0) is 71.8 Å². The summed E-state index contributed by atoms with van der Waals surface area (Å²) >= 11 is 0. The molecule has 2 aromatic carbocycles. The lowest BCUT2D eigenvalue weighted by atomic mass is 10.2. The Morgan fingerprint density at radius 1 is 0.667 bits per heavy atom. The topological polar surface area (TPSA) is 83.6 Å². The summed E-state index contributed by atoms with van der Waals surface area (Å²) in [5, 5.41) is 22.8. The molecule has 0 aromatic heterocycles. The summed E-state index contributed by atoms with van der Waals surface area (Å²) in [6.07, 6.45) is 6.44. The standard InChI is InChI=1S/C18H18N2O4/c21-19-13-15-3-7-17(8-4-15)23-11-1-2-12-24-18-9-5-16(6-10-18)14-20-22/h1-10,13-14,21-22H,11-12H2/b2-1-,19-13-,20-14-. The number of nitrogens with zero attached hydrogens (tertiary/aromatic N) is 2. The fourth-order valence-electron chi connectivity index (χ4n) is 1.86. The quantitative estimate of drug-likeness (QED) is 0.337. The van der Waals surface area contributed by atoms with Crippen molar-refractivity contribution in [3.63, 3.8) is 0 Å². The molecule has 24 heavy (non-hydrogen) atoms. The van der Waals surface area contributed by atoms with Gasteiger partial charge < -0.3 is 19.9 Å². The van der Waals surface area contributed by atoms with Gasteiger partial charge in [-0.25, -0.2) is 0 Å². The smallest absolute Gasteiger partial charge is 0.119 e. The Labute approximate surface area is 140 Å². The van der Waals surface area contributed by atoms with Crippen LogP contribution in [0.5, 0.6) is 11.5 Å². The van der Waals surface area contributed by atoms with Crippen LogP contribution in [0.2, 0.25) is 0 Å². The SMILES string of the molecule is O/N=C\c1ccc(OC/C=C\COc2ccc(/C=N\O)cc2)cc1. The number of hydrogen-bond acceptors (Lipinski definition) is 6. The monoisotopic (exact) mass is 326 g/mol. The van der Waals surface area contributed by atoms with Crippen LogP contribution in [-0.2, 0) is 0 Å². The van der Waals surface area contributed by atoms with E-state index in [1.54, 1.807) is 48.5 Å². The molecule has 6 heteroatoms. The van der Waals surface area contributed by atoms with Crippen molar-refractivity contribution in [2.75, 3.05) is 13.2 Å². The van der Waals surface area contributed by atoms with Gasteiger partial charge in [-0.3, -0.25) is 0 Å². The molecule has 0 amide bonds. The van der Waals surface area contributed by atoms with E-state index in [9.17, 15) is 0 Å². The molecular formula is C18H18N2O4. The Hall–Kier alpha value is -3.28. The predicted molar refractivity (Wildman–Crippen MR) is 91.8 cm³/mol. The van der Waals surface area contributed by atoms with Gasteiger partial charge in [0.2, 0.25) is 0 Å². The van der Waals surface area contributed by atoms with Gasteiger partial charge in [-0.2, -0.15) is 0 Å². The molecule has 0 fully saturated rings. The molecule has 2 aromatic rings. The van der Waals surface area contributed by atoms with E-state index in [-0.39, 0.29) is 0 Å². The summed E-state index contributed by atoms with van der Waals surface area (Å²) in [4.78, 5) is 0. The average molecular weight is 326 g/mol. The summed E-state index contributed by atoms with van der Waals surface area (Å²) in [6, 6.07) is 14.4. The maximum Gasteiger partial charge on any atom is 0.119 e. The molecule has 2 rings (SSSR count). The van der Waals surface area contributed by atoms with Crippen molar-refractivity contribution in [3.8, 4) is 11.5 Å². The molecule has 0 aliphatic heterocycles.